The van der Waals surface area contributed by atoms with Gasteiger partial charge in [-0.05, 0) is 54.1 Å². The number of para-hydroxylation sites is 1. The lowest BCUT2D eigenvalue weighted by Crippen LogP contribution is -2.53. The van der Waals surface area contributed by atoms with Gasteiger partial charge >= 0.3 is 0 Å². The molecular weight excluding hydrogens is 525 g/mol. The summed E-state index contributed by atoms with van der Waals surface area (Å²) in [6, 6.07) is 15.8. The molecule has 2 amide bonds. The lowest BCUT2D eigenvalue weighted by molar-refractivity contribution is -0.133. The second-order valence-electron chi connectivity index (χ2n) is 8.56. The highest BCUT2D eigenvalue weighted by molar-refractivity contribution is 7.89. The largest absolute Gasteiger partial charge is 0.481 e. The Kier molecular flexibility index (Phi) is 8.61. The molecule has 1 aliphatic rings. The van der Waals surface area contributed by atoms with Gasteiger partial charge in [-0.3, -0.25) is 14.8 Å². The molecule has 0 spiro atoms. The predicted molar refractivity (Wildman–Crippen MR) is 141 cm³/mol. The molecule has 1 atom stereocenters. The Hall–Kier alpha value is -4.24. The maximum Gasteiger partial charge on any atom is 0.263 e. The molecule has 0 aromatic heterocycles. The molecule has 2 N–H and O–H groups in total. The number of nitrogens with one attached hydrogen (secondary N) is 1. The van der Waals surface area contributed by atoms with Crippen molar-refractivity contribution in [3.05, 3.63) is 89.7 Å². The Labute approximate surface area is 225 Å². The van der Waals surface area contributed by atoms with Gasteiger partial charge in [0.15, 0.2) is 0 Å². The van der Waals surface area contributed by atoms with Gasteiger partial charge in [0.05, 0.1) is 11.4 Å². The highest BCUT2D eigenvalue weighted by Gasteiger charge is 2.41. The second kappa shape index (κ2) is 12.1. The van der Waals surface area contributed by atoms with Crippen LogP contribution < -0.4 is 15.1 Å². The third-order valence-corrected chi connectivity index (χ3v) is 7.95. The first kappa shape index (κ1) is 27.8. The molecular formula is C28H26FN3O6S. The number of anilines is 1. The number of carbonyl (C=O) groups excluding carboxylic acids is 2. The standard InChI is InChI=1S/C28H26FN3O6S/c1-2-3-6-16-38-23-12-14-24(15-13-23)39(36,37)32-18-21-8-4-5-11-25(21)31(19-26(32)27(33)30-35)28(34)20-9-7-10-22(29)17-20/h4-5,7-15,17,26,35H,2,16,18-19H2,1H3,(H,30,33). The van der Waals surface area contributed by atoms with E-state index in [2.05, 4.69) is 11.8 Å². The smallest absolute Gasteiger partial charge is 0.263 e. The van der Waals surface area contributed by atoms with E-state index in [1.165, 1.54) is 52.8 Å². The molecule has 39 heavy (non-hydrogen) atoms. The second-order valence-corrected chi connectivity index (χ2v) is 10.5. The van der Waals surface area contributed by atoms with E-state index in [4.69, 9.17) is 4.74 Å². The zero-order valence-corrected chi connectivity index (χ0v) is 21.8. The third-order valence-electron chi connectivity index (χ3n) is 6.08. The van der Waals surface area contributed by atoms with E-state index in [0.717, 1.165) is 10.4 Å². The number of hydrogen-bond acceptors (Lipinski definition) is 6. The van der Waals surface area contributed by atoms with E-state index in [1.54, 1.807) is 24.3 Å². The lowest BCUT2D eigenvalue weighted by Gasteiger charge is -2.29. The molecule has 11 heteroatoms. The fourth-order valence-corrected chi connectivity index (χ4v) is 5.75. The van der Waals surface area contributed by atoms with Gasteiger partial charge < -0.3 is 9.64 Å². The van der Waals surface area contributed by atoms with Gasteiger partial charge in [-0.2, -0.15) is 4.31 Å². The number of ether oxygens (including phenoxy) is 1. The van der Waals surface area contributed by atoms with Crippen LogP contribution in [0.15, 0.2) is 77.7 Å². The first-order valence-electron chi connectivity index (χ1n) is 12.1. The molecule has 0 aliphatic carbocycles. The summed E-state index contributed by atoms with van der Waals surface area (Å²) in [7, 11) is -4.32. The van der Waals surface area contributed by atoms with E-state index in [9.17, 15) is 27.6 Å². The fraction of sp³-hybridized carbons (Fsp3) is 0.214. The number of fused-ring (bicyclic) bond motifs is 1. The Bertz CT molecular complexity index is 1530. The molecule has 0 fully saturated rings. The number of rotatable bonds is 6. The van der Waals surface area contributed by atoms with Crippen molar-refractivity contribution < 1.29 is 32.3 Å². The maximum absolute atomic E-state index is 13.9. The van der Waals surface area contributed by atoms with Gasteiger partial charge in [-0.25, -0.2) is 18.3 Å². The molecule has 3 aromatic rings. The minimum Gasteiger partial charge on any atom is -0.481 e. The highest BCUT2D eigenvalue weighted by Crippen LogP contribution is 2.32. The van der Waals surface area contributed by atoms with Crippen LogP contribution in [0.3, 0.4) is 0 Å². The molecule has 202 valence electrons. The van der Waals surface area contributed by atoms with Crippen molar-refractivity contribution in [2.45, 2.75) is 30.8 Å². The van der Waals surface area contributed by atoms with Crippen molar-refractivity contribution in [2.75, 3.05) is 18.1 Å². The summed E-state index contributed by atoms with van der Waals surface area (Å²) in [5.41, 5.74) is 2.33. The van der Waals surface area contributed by atoms with E-state index in [0.29, 0.717) is 23.4 Å². The summed E-state index contributed by atoms with van der Waals surface area (Å²) in [5, 5.41) is 9.48. The predicted octanol–water partition coefficient (Wildman–Crippen LogP) is 3.34. The van der Waals surface area contributed by atoms with Gasteiger partial charge in [0.25, 0.3) is 11.8 Å². The van der Waals surface area contributed by atoms with Crippen LogP contribution in [-0.2, 0) is 21.4 Å². The molecule has 0 saturated carbocycles. The first-order valence-corrected chi connectivity index (χ1v) is 13.5. The van der Waals surface area contributed by atoms with Crippen LogP contribution in [-0.4, -0.2) is 48.9 Å². The van der Waals surface area contributed by atoms with Crippen molar-refractivity contribution in [2.24, 2.45) is 0 Å². The zero-order valence-electron chi connectivity index (χ0n) is 21.0. The van der Waals surface area contributed by atoms with E-state index >= 15 is 0 Å². The quantitative estimate of drug-likeness (QED) is 0.276. The summed E-state index contributed by atoms with van der Waals surface area (Å²) in [4.78, 5) is 27.4. The van der Waals surface area contributed by atoms with E-state index in [-0.39, 0.29) is 23.6 Å². The van der Waals surface area contributed by atoms with Crippen molar-refractivity contribution >= 4 is 27.5 Å². The van der Waals surface area contributed by atoms with Crippen LogP contribution in [0.4, 0.5) is 10.1 Å². The average molecular weight is 552 g/mol. The number of amides is 2. The fourth-order valence-electron chi connectivity index (χ4n) is 4.20. The van der Waals surface area contributed by atoms with Crippen LogP contribution in [0, 0.1) is 17.7 Å². The normalized spacial score (nSPS) is 15.4. The SMILES string of the molecule is CCC#CCOc1ccc(S(=O)(=O)N2Cc3ccccc3N(C(=O)c3cccc(F)c3)CC2C(=O)NO)cc1. The lowest BCUT2D eigenvalue weighted by atomic mass is 10.1. The maximum atomic E-state index is 13.9. The molecule has 3 aromatic carbocycles. The average Bonchev–Trinajstić information content (AvgIpc) is 3.13. The van der Waals surface area contributed by atoms with Crippen molar-refractivity contribution in [1.82, 2.24) is 9.79 Å². The Morgan fingerprint density at radius 3 is 2.51 bits per heavy atom. The number of hydroxylamine groups is 1. The summed E-state index contributed by atoms with van der Waals surface area (Å²) in [5.74, 6) is 3.83. The highest BCUT2D eigenvalue weighted by atomic mass is 32.2. The number of nitrogens with zero attached hydrogens (tertiary/aromatic N) is 2. The number of benzene rings is 3. The van der Waals surface area contributed by atoms with Gasteiger partial charge in [0.1, 0.15) is 24.2 Å². The van der Waals surface area contributed by atoms with Crippen LogP contribution in [0.1, 0.15) is 29.3 Å². The van der Waals surface area contributed by atoms with Crippen molar-refractivity contribution in [1.29, 1.82) is 0 Å². The number of hydrogen-bond donors (Lipinski definition) is 2. The summed E-state index contributed by atoms with van der Waals surface area (Å²) < 4.78 is 48.0. The molecule has 4 rings (SSSR count). The first-order chi connectivity index (χ1) is 18.8. The van der Waals surface area contributed by atoms with Crippen LogP contribution in [0.2, 0.25) is 0 Å². The minimum atomic E-state index is -4.32. The van der Waals surface area contributed by atoms with Gasteiger partial charge in [-0.15, -0.1) is 5.92 Å². The molecule has 0 radical (unpaired) electrons. The van der Waals surface area contributed by atoms with Gasteiger partial charge in [0.2, 0.25) is 10.0 Å². The topological polar surface area (TPSA) is 116 Å². The summed E-state index contributed by atoms with van der Waals surface area (Å²) in [6.07, 6.45) is 0.688. The van der Waals surface area contributed by atoms with Gasteiger partial charge in [-0.1, -0.05) is 37.1 Å². The van der Waals surface area contributed by atoms with Gasteiger partial charge in [0, 0.05) is 24.2 Å². The van der Waals surface area contributed by atoms with Crippen molar-refractivity contribution in [3.63, 3.8) is 0 Å². The third kappa shape index (κ3) is 6.09. The monoisotopic (exact) mass is 551 g/mol. The number of halogens is 1. The molecule has 1 unspecified atom stereocenters. The molecule has 1 aliphatic heterocycles. The van der Waals surface area contributed by atoms with Crippen molar-refractivity contribution in [3.8, 4) is 17.6 Å². The molecule has 9 nitrogen and oxygen atoms in total. The van der Waals surface area contributed by atoms with Crippen LogP contribution in [0.25, 0.3) is 0 Å². The summed E-state index contributed by atoms with van der Waals surface area (Å²) >= 11 is 0. The Morgan fingerprint density at radius 2 is 1.82 bits per heavy atom. The van der Waals surface area contributed by atoms with Crippen LogP contribution in [0.5, 0.6) is 5.75 Å². The Balaban J connectivity index is 1.73. The minimum absolute atomic E-state index is 0.0171. The molecule has 0 saturated heterocycles. The summed E-state index contributed by atoms with van der Waals surface area (Å²) in [6.45, 7) is 1.36. The number of carbonyl (C=O) groups is 2. The number of sulfonamides is 1. The Morgan fingerprint density at radius 1 is 1.08 bits per heavy atom. The van der Waals surface area contributed by atoms with E-state index in [1.807, 2.05) is 6.92 Å². The zero-order chi connectivity index (χ0) is 28.0. The van der Waals surface area contributed by atoms with E-state index < -0.39 is 40.2 Å². The molecule has 0 bridgehead atoms. The van der Waals surface area contributed by atoms with Crippen LogP contribution >= 0.6 is 0 Å². The molecule has 1 heterocycles.